The predicted molar refractivity (Wildman–Crippen MR) is 161 cm³/mol. The Balaban J connectivity index is 1.45. The number of carbonyl (C=O) groups excluding carboxylic acids is 1. The lowest BCUT2D eigenvalue weighted by atomic mass is 9.95. The Bertz CT molecular complexity index is 1450. The van der Waals surface area contributed by atoms with Gasteiger partial charge in [0.25, 0.3) is 5.89 Å². The third-order valence-electron chi connectivity index (χ3n) is 7.47. The van der Waals surface area contributed by atoms with Crippen LogP contribution in [0, 0.1) is 0 Å². The molecule has 0 bridgehead atoms. The molecule has 0 radical (unpaired) electrons. The summed E-state index contributed by atoms with van der Waals surface area (Å²) in [6.07, 6.45) is 3.58. The van der Waals surface area contributed by atoms with Crippen molar-refractivity contribution < 1.29 is 27.2 Å². The monoisotopic (exact) mass is 600 g/mol. The van der Waals surface area contributed by atoms with Crippen LogP contribution in [0.3, 0.4) is 0 Å². The van der Waals surface area contributed by atoms with E-state index in [-0.39, 0.29) is 29.5 Å². The van der Waals surface area contributed by atoms with Crippen molar-refractivity contribution in [2.24, 2.45) is 0 Å². The number of aromatic nitrogens is 2. The van der Waals surface area contributed by atoms with Gasteiger partial charge in [0.1, 0.15) is 9.84 Å². The molecule has 2 heterocycles. The summed E-state index contributed by atoms with van der Waals surface area (Å²) in [6, 6.07) is 15.0. The molecule has 1 aliphatic heterocycles. The molecule has 11 heteroatoms. The molecule has 0 saturated carbocycles. The summed E-state index contributed by atoms with van der Waals surface area (Å²) in [5.74, 6) is 0.572. The van der Waals surface area contributed by atoms with Crippen LogP contribution in [-0.2, 0) is 27.5 Å². The van der Waals surface area contributed by atoms with Crippen LogP contribution in [0.5, 0.6) is 0 Å². The molecular formula is C31H41FN4O5S. The molecule has 228 valence electrons. The van der Waals surface area contributed by atoms with Crippen molar-refractivity contribution in [3.05, 3.63) is 65.8 Å². The number of nitrogens with one attached hydrogen (secondary N) is 1. The Labute approximate surface area is 247 Å². The molecule has 1 aromatic heterocycles. The number of anilines is 1. The number of carbonyl (C=O) groups is 1. The molecule has 9 nitrogen and oxygen atoms in total. The number of halogens is 1. The van der Waals surface area contributed by atoms with E-state index in [1.807, 2.05) is 48.5 Å². The number of hydrogen-bond donors (Lipinski definition) is 2. The van der Waals surface area contributed by atoms with Gasteiger partial charge < -0.3 is 14.9 Å². The molecule has 1 fully saturated rings. The number of alkyl halides is 1. The Morgan fingerprint density at radius 2 is 1.74 bits per heavy atom. The van der Waals surface area contributed by atoms with Crippen molar-refractivity contribution in [3.63, 3.8) is 0 Å². The van der Waals surface area contributed by atoms with E-state index in [0.717, 1.165) is 35.2 Å². The maximum Gasteiger partial charge on any atom is 0.322 e. The zero-order valence-corrected chi connectivity index (χ0v) is 25.6. The van der Waals surface area contributed by atoms with Crippen molar-refractivity contribution in [1.29, 1.82) is 0 Å². The summed E-state index contributed by atoms with van der Waals surface area (Å²) in [5.41, 5.74) is 0.798. The number of amides is 2. The quantitative estimate of drug-likeness (QED) is 0.272. The van der Waals surface area contributed by atoms with Crippen molar-refractivity contribution >= 4 is 21.6 Å². The van der Waals surface area contributed by atoms with Gasteiger partial charge in [-0.3, -0.25) is 4.90 Å². The lowest BCUT2D eigenvalue weighted by molar-refractivity contribution is 0.0786. The van der Waals surface area contributed by atoms with Gasteiger partial charge in [-0.15, -0.1) is 0 Å². The largest absolute Gasteiger partial charge is 0.386 e. The summed E-state index contributed by atoms with van der Waals surface area (Å²) in [5, 5.41) is 17.2. The second kappa shape index (κ2) is 12.9. The first-order valence-electron chi connectivity index (χ1n) is 14.4. The maximum atomic E-state index is 14.0. The molecule has 0 spiro atoms. The molecular weight excluding hydrogens is 559 g/mol. The van der Waals surface area contributed by atoms with E-state index in [0.29, 0.717) is 38.1 Å². The Hall–Kier alpha value is -3.31. The summed E-state index contributed by atoms with van der Waals surface area (Å²) in [4.78, 5) is 19.4. The Morgan fingerprint density at radius 3 is 2.36 bits per heavy atom. The van der Waals surface area contributed by atoms with Crippen LogP contribution in [0.1, 0.15) is 77.1 Å². The van der Waals surface area contributed by atoms with Crippen LogP contribution < -0.4 is 10.2 Å². The number of unbranched alkanes of at least 4 members (excludes halogenated alkanes) is 2. The first kappa shape index (κ1) is 31.6. The molecule has 2 aromatic carbocycles. The normalized spacial score (nSPS) is 15.9. The summed E-state index contributed by atoms with van der Waals surface area (Å²) >= 11 is 0. The molecule has 1 aliphatic rings. The van der Waals surface area contributed by atoms with Crippen molar-refractivity contribution in [2.45, 2.75) is 83.5 Å². The van der Waals surface area contributed by atoms with Crippen molar-refractivity contribution in [1.82, 2.24) is 15.5 Å². The Kier molecular flexibility index (Phi) is 9.72. The van der Waals surface area contributed by atoms with Crippen LogP contribution >= 0.6 is 0 Å². The number of aryl methyl sites for hydroxylation is 1. The van der Waals surface area contributed by atoms with Gasteiger partial charge in [-0.2, -0.15) is 4.98 Å². The van der Waals surface area contributed by atoms with Crippen molar-refractivity contribution in [3.8, 4) is 11.1 Å². The maximum absolute atomic E-state index is 14.0. The molecule has 0 aliphatic carbocycles. The highest BCUT2D eigenvalue weighted by atomic mass is 32.2. The topological polar surface area (TPSA) is 126 Å². The first-order valence-corrected chi connectivity index (χ1v) is 16.3. The van der Waals surface area contributed by atoms with Crippen LogP contribution in [0.15, 0.2) is 53.1 Å². The first-order chi connectivity index (χ1) is 19.7. The summed E-state index contributed by atoms with van der Waals surface area (Å²) in [6.45, 7) is 6.68. The fourth-order valence-electron chi connectivity index (χ4n) is 4.89. The average Bonchev–Trinajstić information content (AvgIpc) is 3.41. The van der Waals surface area contributed by atoms with Gasteiger partial charge in [0.15, 0.2) is 11.5 Å². The number of urea groups is 1. The van der Waals surface area contributed by atoms with Crippen LogP contribution in [0.2, 0.25) is 0 Å². The molecule has 2 amide bonds. The molecule has 1 saturated heterocycles. The minimum atomic E-state index is -3.04. The fraction of sp³-hybridized carbons (Fsp3) is 0.516. The zero-order chi connectivity index (χ0) is 30.5. The highest BCUT2D eigenvalue weighted by molar-refractivity contribution is 7.91. The van der Waals surface area contributed by atoms with E-state index in [1.165, 1.54) is 13.8 Å². The third kappa shape index (κ3) is 8.61. The minimum absolute atomic E-state index is 0.0366. The second-order valence-electron chi connectivity index (χ2n) is 12.0. The SMILES string of the molecule is CC(C)(O)c1ccc(-c2cccc(N(CCCCCc3noc(C(C)(C)F)n3)C(=O)NC3CCS(=O)(=O)CC3)c2)cc1. The lowest BCUT2D eigenvalue weighted by Crippen LogP contribution is -2.48. The standard InChI is InChI=1S/C31H41FN4O5S/c1-30(2,32)28-34-27(35-41-28)11-6-5-7-18-36(29(37)33-25-16-19-42(39,40)20-17-25)26-10-8-9-23(21-26)22-12-14-24(15-13-22)31(3,4)38/h8-10,12-15,21,25,38H,5-7,11,16-20H2,1-4H3,(H,33,37). The van der Waals surface area contributed by atoms with Gasteiger partial charge in [-0.05, 0) is 82.2 Å². The number of nitrogens with zero attached hydrogens (tertiary/aromatic N) is 3. The van der Waals surface area contributed by atoms with Gasteiger partial charge in [0.05, 0.1) is 17.1 Å². The van der Waals surface area contributed by atoms with Gasteiger partial charge in [-0.25, -0.2) is 17.6 Å². The minimum Gasteiger partial charge on any atom is -0.386 e. The summed E-state index contributed by atoms with van der Waals surface area (Å²) < 4.78 is 42.8. The van der Waals surface area contributed by atoms with E-state index in [4.69, 9.17) is 4.52 Å². The summed E-state index contributed by atoms with van der Waals surface area (Å²) in [7, 11) is -3.04. The van der Waals surface area contributed by atoms with Gasteiger partial charge in [-0.1, -0.05) is 48.0 Å². The van der Waals surface area contributed by atoms with E-state index < -0.39 is 21.1 Å². The highest BCUT2D eigenvalue weighted by Gasteiger charge is 2.28. The third-order valence-corrected chi connectivity index (χ3v) is 9.18. The highest BCUT2D eigenvalue weighted by Crippen LogP contribution is 2.28. The molecule has 0 atom stereocenters. The number of hydrogen-bond acceptors (Lipinski definition) is 7. The molecule has 3 aromatic rings. The Morgan fingerprint density at radius 1 is 1.05 bits per heavy atom. The average molecular weight is 601 g/mol. The second-order valence-corrected chi connectivity index (χ2v) is 14.3. The lowest BCUT2D eigenvalue weighted by Gasteiger charge is -2.29. The van der Waals surface area contributed by atoms with E-state index in [2.05, 4.69) is 15.5 Å². The number of aliphatic hydroxyl groups is 1. The van der Waals surface area contributed by atoms with E-state index in [9.17, 15) is 22.7 Å². The van der Waals surface area contributed by atoms with E-state index in [1.54, 1.807) is 18.7 Å². The van der Waals surface area contributed by atoms with Crippen LogP contribution in [-0.4, -0.2) is 53.8 Å². The number of sulfone groups is 1. The molecule has 2 N–H and O–H groups in total. The number of benzene rings is 2. The smallest absolute Gasteiger partial charge is 0.322 e. The van der Waals surface area contributed by atoms with Gasteiger partial charge >= 0.3 is 6.03 Å². The van der Waals surface area contributed by atoms with Crippen molar-refractivity contribution in [2.75, 3.05) is 23.0 Å². The number of rotatable bonds is 11. The van der Waals surface area contributed by atoms with Gasteiger partial charge in [0, 0.05) is 24.7 Å². The van der Waals surface area contributed by atoms with Crippen LogP contribution in [0.25, 0.3) is 11.1 Å². The van der Waals surface area contributed by atoms with Crippen LogP contribution in [0.4, 0.5) is 14.9 Å². The molecule has 42 heavy (non-hydrogen) atoms. The fourth-order valence-corrected chi connectivity index (χ4v) is 6.38. The van der Waals surface area contributed by atoms with E-state index >= 15 is 0 Å². The van der Waals surface area contributed by atoms with Gasteiger partial charge in [0.2, 0.25) is 0 Å². The molecule has 4 rings (SSSR count). The predicted octanol–water partition coefficient (Wildman–Crippen LogP) is 5.67. The molecule has 0 unspecified atom stereocenters. The zero-order valence-electron chi connectivity index (χ0n) is 24.8.